The molecule has 2 N–H and O–H groups in total. The summed E-state index contributed by atoms with van der Waals surface area (Å²) in [6, 6.07) is 2.99. The summed E-state index contributed by atoms with van der Waals surface area (Å²) < 4.78 is 10.7. The van der Waals surface area contributed by atoms with E-state index < -0.39 is 16.9 Å². The van der Waals surface area contributed by atoms with Gasteiger partial charge < -0.3 is 14.5 Å². The molecule has 0 saturated heterocycles. The monoisotopic (exact) mass is 322 g/mol. The number of ether oxygens (including phenoxy) is 1. The summed E-state index contributed by atoms with van der Waals surface area (Å²) in [5.41, 5.74) is -0.391. The minimum Gasteiger partial charge on any atom is -0.464 e. The van der Waals surface area contributed by atoms with Crippen molar-refractivity contribution in [3.63, 3.8) is 0 Å². The predicted octanol–water partition coefficient (Wildman–Crippen LogP) is 1.90. The molecule has 0 aliphatic rings. The lowest BCUT2D eigenvalue weighted by Gasteiger charge is -2.14. The van der Waals surface area contributed by atoms with E-state index in [9.17, 15) is 14.9 Å². The summed E-state index contributed by atoms with van der Waals surface area (Å²) in [5, 5.41) is 19.9. The van der Waals surface area contributed by atoms with Crippen LogP contribution in [-0.4, -0.2) is 34.7 Å². The molecule has 0 aromatic carbocycles. The van der Waals surface area contributed by atoms with Crippen LogP contribution in [0.15, 0.2) is 16.5 Å². The van der Waals surface area contributed by atoms with Crippen molar-refractivity contribution in [2.45, 2.75) is 26.3 Å². The summed E-state index contributed by atoms with van der Waals surface area (Å²) in [5.74, 6) is 0.626. The van der Waals surface area contributed by atoms with Crippen molar-refractivity contribution in [2.75, 3.05) is 13.7 Å². The van der Waals surface area contributed by atoms with Crippen LogP contribution in [0.25, 0.3) is 0 Å². The Labute approximate surface area is 132 Å². The molecule has 9 heteroatoms. The number of hydrogen-bond acceptors (Lipinski definition) is 6. The van der Waals surface area contributed by atoms with E-state index >= 15 is 0 Å². The van der Waals surface area contributed by atoms with Crippen molar-refractivity contribution in [1.29, 1.82) is 0 Å². The number of H-pyrrole nitrogens is 1. The largest absolute Gasteiger partial charge is 0.464 e. The molecule has 0 saturated carbocycles. The van der Waals surface area contributed by atoms with Crippen LogP contribution >= 0.6 is 0 Å². The first kappa shape index (κ1) is 16.7. The third-order valence-electron chi connectivity index (χ3n) is 3.33. The van der Waals surface area contributed by atoms with Crippen LogP contribution in [-0.2, 0) is 11.2 Å². The summed E-state index contributed by atoms with van der Waals surface area (Å²) in [6.45, 7) is 3.59. The van der Waals surface area contributed by atoms with Crippen LogP contribution in [0, 0.1) is 17.0 Å². The maximum Gasteiger partial charge on any atom is 0.322 e. The van der Waals surface area contributed by atoms with Gasteiger partial charge in [0.2, 0.25) is 5.69 Å². The second-order valence-electron chi connectivity index (χ2n) is 4.94. The number of furan rings is 1. The van der Waals surface area contributed by atoms with E-state index in [0.29, 0.717) is 5.76 Å². The van der Waals surface area contributed by atoms with Gasteiger partial charge in [-0.15, -0.1) is 0 Å². The van der Waals surface area contributed by atoms with Gasteiger partial charge in [-0.05, 0) is 19.1 Å². The zero-order chi connectivity index (χ0) is 17.0. The Morgan fingerprint density at radius 1 is 1.57 bits per heavy atom. The molecule has 2 heterocycles. The maximum atomic E-state index is 12.3. The lowest BCUT2D eigenvalue weighted by molar-refractivity contribution is -0.385. The summed E-state index contributed by atoms with van der Waals surface area (Å²) in [7, 11) is 1.49. The molecule has 9 nitrogen and oxygen atoms in total. The van der Waals surface area contributed by atoms with E-state index in [0.717, 1.165) is 12.2 Å². The third-order valence-corrected chi connectivity index (χ3v) is 3.33. The molecular formula is C14H18N4O5. The standard InChI is InChI=1S/C14H18N4O5/c1-4-9-5-6-11(23-9)10(7-22-3)15-14(19)12-13(18(20)21)8(2)16-17-12/h5-6,10H,4,7H2,1-3H3,(H,15,19)(H,16,17)/t10-/m1/s1. The molecule has 0 spiro atoms. The predicted molar refractivity (Wildman–Crippen MR) is 80.1 cm³/mol. The summed E-state index contributed by atoms with van der Waals surface area (Å²) >= 11 is 0. The topological polar surface area (TPSA) is 123 Å². The van der Waals surface area contributed by atoms with Gasteiger partial charge in [-0.1, -0.05) is 6.92 Å². The molecule has 0 unspecified atom stereocenters. The van der Waals surface area contributed by atoms with Crippen molar-refractivity contribution in [2.24, 2.45) is 0 Å². The average Bonchev–Trinajstić information content (AvgIpc) is 3.12. The second kappa shape index (κ2) is 7.05. The van der Waals surface area contributed by atoms with Gasteiger partial charge in [-0.3, -0.25) is 20.0 Å². The quantitative estimate of drug-likeness (QED) is 0.592. The van der Waals surface area contributed by atoms with Gasteiger partial charge in [0.25, 0.3) is 5.91 Å². The normalized spacial score (nSPS) is 12.1. The Morgan fingerprint density at radius 3 is 2.87 bits per heavy atom. The van der Waals surface area contributed by atoms with Crippen molar-refractivity contribution in [3.05, 3.63) is 45.2 Å². The zero-order valence-electron chi connectivity index (χ0n) is 13.1. The fraction of sp³-hybridized carbons (Fsp3) is 0.429. The molecule has 2 aromatic heterocycles. The highest BCUT2D eigenvalue weighted by Gasteiger charge is 2.29. The molecule has 1 atom stereocenters. The van der Waals surface area contributed by atoms with Gasteiger partial charge in [-0.25, -0.2) is 0 Å². The Balaban J connectivity index is 2.23. The van der Waals surface area contributed by atoms with E-state index in [1.165, 1.54) is 14.0 Å². The van der Waals surface area contributed by atoms with Gasteiger partial charge in [-0.2, -0.15) is 5.10 Å². The van der Waals surface area contributed by atoms with Gasteiger partial charge >= 0.3 is 5.69 Å². The van der Waals surface area contributed by atoms with Crippen LogP contribution in [0.2, 0.25) is 0 Å². The van der Waals surface area contributed by atoms with Crippen molar-refractivity contribution in [3.8, 4) is 0 Å². The Hall–Kier alpha value is -2.68. The Bertz CT molecular complexity index is 706. The number of aromatic amines is 1. The number of methoxy groups -OCH3 is 1. The van der Waals surface area contributed by atoms with Crippen molar-refractivity contribution < 1.29 is 18.9 Å². The van der Waals surface area contributed by atoms with Crippen LogP contribution in [0.5, 0.6) is 0 Å². The number of aryl methyl sites for hydroxylation is 2. The van der Waals surface area contributed by atoms with Crippen molar-refractivity contribution in [1.82, 2.24) is 15.5 Å². The van der Waals surface area contributed by atoms with E-state index in [1.807, 2.05) is 13.0 Å². The number of carbonyl (C=O) groups excluding carboxylic acids is 1. The van der Waals surface area contributed by atoms with Crippen LogP contribution < -0.4 is 5.32 Å². The fourth-order valence-corrected chi connectivity index (χ4v) is 2.16. The molecule has 124 valence electrons. The minimum atomic E-state index is -0.669. The summed E-state index contributed by atoms with van der Waals surface area (Å²) in [4.78, 5) is 22.7. The number of nitrogens with one attached hydrogen (secondary N) is 2. The molecule has 0 radical (unpaired) electrons. The zero-order valence-corrected chi connectivity index (χ0v) is 13.1. The maximum absolute atomic E-state index is 12.3. The molecule has 0 fully saturated rings. The smallest absolute Gasteiger partial charge is 0.322 e. The first-order valence-electron chi connectivity index (χ1n) is 7.05. The molecule has 2 aromatic rings. The third kappa shape index (κ3) is 3.57. The highest BCUT2D eigenvalue weighted by atomic mass is 16.6. The van der Waals surface area contributed by atoms with Gasteiger partial charge in [0.15, 0.2) is 0 Å². The number of rotatable bonds is 7. The van der Waals surface area contributed by atoms with Crippen molar-refractivity contribution >= 4 is 11.6 Å². The Morgan fingerprint density at radius 2 is 2.30 bits per heavy atom. The minimum absolute atomic E-state index is 0.166. The Kier molecular flexibility index (Phi) is 5.12. The average molecular weight is 322 g/mol. The second-order valence-corrected chi connectivity index (χ2v) is 4.94. The molecular weight excluding hydrogens is 304 g/mol. The molecule has 0 aliphatic carbocycles. The van der Waals surface area contributed by atoms with E-state index in [1.54, 1.807) is 6.07 Å². The van der Waals surface area contributed by atoms with Crippen LogP contribution in [0.4, 0.5) is 5.69 Å². The molecule has 2 rings (SSSR count). The molecule has 23 heavy (non-hydrogen) atoms. The molecule has 0 bridgehead atoms. The lowest BCUT2D eigenvalue weighted by Crippen LogP contribution is -2.31. The SMILES string of the molecule is CCc1ccc([C@@H](COC)NC(=O)c2n[nH]c(C)c2[N+](=O)[O-])o1. The van der Waals surface area contributed by atoms with E-state index in [-0.39, 0.29) is 23.7 Å². The van der Waals surface area contributed by atoms with Gasteiger partial charge in [0.05, 0.1) is 11.5 Å². The first-order valence-corrected chi connectivity index (χ1v) is 7.05. The highest BCUT2D eigenvalue weighted by molar-refractivity contribution is 5.96. The van der Waals surface area contributed by atoms with E-state index in [4.69, 9.17) is 9.15 Å². The first-order chi connectivity index (χ1) is 11.0. The van der Waals surface area contributed by atoms with Crippen LogP contribution in [0.1, 0.15) is 40.7 Å². The van der Waals surface area contributed by atoms with E-state index in [2.05, 4.69) is 15.5 Å². The molecule has 0 aliphatic heterocycles. The number of nitro groups is 1. The number of amides is 1. The number of nitrogens with zero attached hydrogens (tertiary/aromatic N) is 2. The molecule has 1 amide bonds. The van der Waals surface area contributed by atoms with Gasteiger partial charge in [0.1, 0.15) is 23.3 Å². The highest BCUT2D eigenvalue weighted by Crippen LogP contribution is 2.22. The summed E-state index contributed by atoms with van der Waals surface area (Å²) in [6.07, 6.45) is 0.720. The number of carbonyl (C=O) groups is 1. The lowest BCUT2D eigenvalue weighted by atomic mass is 10.2. The number of aromatic nitrogens is 2. The van der Waals surface area contributed by atoms with Crippen LogP contribution in [0.3, 0.4) is 0 Å². The number of hydrogen-bond donors (Lipinski definition) is 2. The fourth-order valence-electron chi connectivity index (χ4n) is 2.16. The van der Waals surface area contributed by atoms with Gasteiger partial charge in [0, 0.05) is 13.5 Å².